The number of benzene rings is 1. The Morgan fingerprint density at radius 3 is 2.21 bits per heavy atom. The number of nitrogens with zero attached hydrogens (tertiary/aromatic N) is 2. The topological polar surface area (TPSA) is 40.6 Å². The predicted octanol–water partition coefficient (Wildman–Crippen LogP) is 5.22. The van der Waals surface area contributed by atoms with Gasteiger partial charge in [0.15, 0.2) is 0 Å². The maximum Gasteiger partial charge on any atom is 0.254 e. The van der Waals surface area contributed by atoms with Gasteiger partial charge in [-0.25, -0.2) is 0 Å². The molecule has 0 atom stereocenters. The second-order valence-corrected chi connectivity index (χ2v) is 9.93. The molecule has 5 heteroatoms. The molecule has 0 unspecified atom stereocenters. The van der Waals surface area contributed by atoms with Gasteiger partial charge in [-0.15, -0.1) is 11.8 Å². The number of carbonyl (C=O) groups excluding carboxylic acids is 2. The number of hydrogen-bond donors (Lipinski definition) is 0. The van der Waals surface area contributed by atoms with E-state index < -0.39 is 0 Å². The Morgan fingerprint density at radius 2 is 1.52 bits per heavy atom. The highest BCUT2D eigenvalue weighted by Gasteiger charge is 2.27. The molecule has 2 fully saturated rings. The van der Waals surface area contributed by atoms with E-state index >= 15 is 0 Å². The van der Waals surface area contributed by atoms with Crippen molar-refractivity contribution >= 4 is 23.6 Å². The molecule has 0 spiro atoms. The van der Waals surface area contributed by atoms with E-state index in [-0.39, 0.29) is 11.8 Å². The summed E-state index contributed by atoms with van der Waals surface area (Å²) in [6.45, 7) is 2.30. The molecule has 3 rings (SSSR count). The lowest BCUT2D eigenvalue weighted by atomic mass is 9.86. The minimum absolute atomic E-state index is 0.0840. The Hall–Kier alpha value is -1.49. The third-order valence-electron chi connectivity index (χ3n) is 6.84. The van der Waals surface area contributed by atoms with Crippen LogP contribution in [0.4, 0.5) is 0 Å². The minimum Gasteiger partial charge on any atom is -0.342 e. The molecule has 2 aliphatic carbocycles. The minimum atomic E-state index is 0.0840. The molecule has 0 heterocycles. The van der Waals surface area contributed by atoms with Gasteiger partial charge in [0, 0.05) is 31.1 Å². The van der Waals surface area contributed by atoms with E-state index in [2.05, 4.69) is 6.92 Å². The largest absolute Gasteiger partial charge is 0.342 e. The van der Waals surface area contributed by atoms with Crippen molar-refractivity contribution in [3.63, 3.8) is 0 Å². The van der Waals surface area contributed by atoms with Gasteiger partial charge >= 0.3 is 0 Å². The molecule has 0 N–H and O–H groups in total. The molecule has 2 amide bonds. The van der Waals surface area contributed by atoms with Crippen LogP contribution in [0.2, 0.25) is 0 Å². The highest BCUT2D eigenvalue weighted by atomic mass is 32.2. The lowest BCUT2D eigenvalue weighted by Gasteiger charge is -2.34. The summed E-state index contributed by atoms with van der Waals surface area (Å²) in [5, 5.41) is 0. The van der Waals surface area contributed by atoms with E-state index in [9.17, 15) is 9.59 Å². The van der Waals surface area contributed by atoms with E-state index in [0.717, 1.165) is 42.1 Å². The fraction of sp³-hybridized carbons (Fsp3) is 0.667. The van der Waals surface area contributed by atoms with Crippen LogP contribution in [0.5, 0.6) is 0 Å². The summed E-state index contributed by atoms with van der Waals surface area (Å²) in [6.07, 6.45) is 10.5. The summed E-state index contributed by atoms with van der Waals surface area (Å²) in [4.78, 5) is 30.7. The van der Waals surface area contributed by atoms with Crippen molar-refractivity contribution in [3.05, 3.63) is 29.8 Å². The lowest BCUT2D eigenvalue weighted by Crippen LogP contribution is -2.40. The van der Waals surface area contributed by atoms with Crippen LogP contribution >= 0.6 is 11.8 Å². The highest BCUT2D eigenvalue weighted by molar-refractivity contribution is 8.00. The molecule has 0 saturated heterocycles. The second-order valence-electron chi connectivity index (χ2n) is 8.91. The van der Waals surface area contributed by atoms with Crippen molar-refractivity contribution in [3.8, 4) is 0 Å². The molecular formula is C24H36N2O2S. The maximum atomic E-state index is 13.2. The van der Waals surface area contributed by atoms with Crippen molar-refractivity contribution in [1.29, 1.82) is 0 Å². The molecule has 0 aliphatic heterocycles. The van der Waals surface area contributed by atoms with Gasteiger partial charge in [0.2, 0.25) is 5.91 Å². The molecule has 2 aliphatic rings. The summed E-state index contributed by atoms with van der Waals surface area (Å²) in [5.41, 5.74) is 0.728. The van der Waals surface area contributed by atoms with Crippen LogP contribution in [0, 0.1) is 5.92 Å². The quantitative estimate of drug-likeness (QED) is 0.597. The zero-order valence-corrected chi connectivity index (χ0v) is 19.0. The lowest BCUT2D eigenvalue weighted by molar-refractivity contribution is -0.129. The number of carbonyl (C=O) groups is 2. The summed E-state index contributed by atoms with van der Waals surface area (Å²) in [5.74, 6) is 1.41. The number of hydrogen-bond acceptors (Lipinski definition) is 3. The van der Waals surface area contributed by atoms with Gasteiger partial charge in [-0.3, -0.25) is 9.59 Å². The smallest absolute Gasteiger partial charge is 0.254 e. The molecular weight excluding hydrogens is 380 g/mol. The molecule has 0 radical (unpaired) electrons. The SMILES string of the molecule is CC1CCC(N(C)C(=O)c2ccccc2SCC(=O)N(C)C2CCCCC2)CC1. The van der Waals surface area contributed by atoms with E-state index in [0.29, 0.717) is 17.8 Å². The molecule has 0 aromatic heterocycles. The fourth-order valence-electron chi connectivity index (χ4n) is 4.67. The van der Waals surface area contributed by atoms with Crippen LogP contribution in [0.15, 0.2) is 29.2 Å². The molecule has 4 nitrogen and oxygen atoms in total. The van der Waals surface area contributed by atoms with Crippen LogP contribution in [0.1, 0.15) is 75.1 Å². The van der Waals surface area contributed by atoms with Gasteiger partial charge in [0.1, 0.15) is 0 Å². The Labute approximate surface area is 180 Å². The normalized spacial score (nSPS) is 22.9. The Morgan fingerprint density at radius 1 is 0.897 bits per heavy atom. The van der Waals surface area contributed by atoms with Crippen LogP contribution in [-0.4, -0.2) is 53.5 Å². The third kappa shape index (κ3) is 5.78. The summed E-state index contributed by atoms with van der Waals surface area (Å²) in [6, 6.07) is 8.47. The van der Waals surface area contributed by atoms with Gasteiger partial charge in [-0.1, -0.05) is 38.3 Å². The van der Waals surface area contributed by atoms with Crippen molar-refractivity contribution in [1.82, 2.24) is 9.80 Å². The summed E-state index contributed by atoms with van der Waals surface area (Å²) in [7, 11) is 3.88. The molecule has 0 bridgehead atoms. The van der Waals surface area contributed by atoms with E-state index in [1.807, 2.05) is 48.2 Å². The van der Waals surface area contributed by atoms with E-state index in [4.69, 9.17) is 0 Å². The number of thioether (sulfide) groups is 1. The van der Waals surface area contributed by atoms with Crippen molar-refractivity contribution in [2.75, 3.05) is 19.8 Å². The van der Waals surface area contributed by atoms with Gasteiger partial charge in [0.25, 0.3) is 5.91 Å². The van der Waals surface area contributed by atoms with Crippen LogP contribution in [-0.2, 0) is 4.79 Å². The average molecular weight is 417 g/mol. The Balaban J connectivity index is 1.60. The average Bonchev–Trinajstić information content (AvgIpc) is 2.77. The zero-order chi connectivity index (χ0) is 20.8. The first kappa shape index (κ1) is 22.2. The fourth-order valence-corrected chi connectivity index (χ4v) is 5.64. The van der Waals surface area contributed by atoms with Gasteiger partial charge in [-0.2, -0.15) is 0 Å². The zero-order valence-electron chi connectivity index (χ0n) is 18.2. The predicted molar refractivity (Wildman–Crippen MR) is 120 cm³/mol. The van der Waals surface area contributed by atoms with Crippen molar-refractivity contribution in [2.24, 2.45) is 5.92 Å². The Kier molecular flexibility index (Phi) is 8.05. The standard InChI is InChI=1S/C24H36N2O2S/c1-18-13-15-20(16-14-18)26(3)24(28)21-11-7-8-12-22(21)29-17-23(27)25(2)19-9-5-4-6-10-19/h7-8,11-12,18-20H,4-6,9-10,13-17H2,1-3H3. The molecule has 29 heavy (non-hydrogen) atoms. The summed E-state index contributed by atoms with van der Waals surface area (Å²) >= 11 is 1.50. The highest BCUT2D eigenvalue weighted by Crippen LogP contribution is 2.30. The number of rotatable bonds is 6. The van der Waals surface area contributed by atoms with Crippen LogP contribution in [0.25, 0.3) is 0 Å². The van der Waals surface area contributed by atoms with Gasteiger partial charge in [-0.05, 0) is 56.6 Å². The van der Waals surface area contributed by atoms with Crippen molar-refractivity contribution < 1.29 is 9.59 Å². The van der Waals surface area contributed by atoms with Gasteiger partial charge < -0.3 is 9.80 Å². The van der Waals surface area contributed by atoms with Gasteiger partial charge in [0.05, 0.1) is 11.3 Å². The molecule has 1 aromatic carbocycles. The maximum absolute atomic E-state index is 13.2. The third-order valence-corrected chi connectivity index (χ3v) is 7.90. The molecule has 160 valence electrons. The van der Waals surface area contributed by atoms with Crippen molar-refractivity contribution in [2.45, 2.75) is 81.7 Å². The first-order valence-corrected chi connectivity index (χ1v) is 12.2. The summed E-state index contributed by atoms with van der Waals surface area (Å²) < 4.78 is 0. The Bertz CT molecular complexity index is 694. The first-order valence-electron chi connectivity index (χ1n) is 11.2. The molecule has 1 aromatic rings. The second kappa shape index (κ2) is 10.5. The number of amides is 2. The van der Waals surface area contributed by atoms with Crippen LogP contribution < -0.4 is 0 Å². The monoisotopic (exact) mass is 416 g/mol. The van der Waals surface area contributed by atoms with E-state index in [1.54, 1.807) is 0 Å². The van der Waals surface area contributed by atoms with Crippen LogP contribution in [0.3, 0.4) is 0 Å². The van der Waals surface area contributed by atoms with E-state index in [1.165, 1.54) is 43.9 Å². The first-order chi connectivity index (χ1) is 14.0. The molecule has 2 saturated carbocycles.